The van der Waals surface area contributed by atoms with Crippen LogP contribution < -0.4 is 0 Å². The van der Waals surface area contributed by atoms with Gasteiger partial charge in [0.2, 0.25) is 0 Å². The first-order valence-electron chi connectivity index (χ1n) is 5.54. The van der Waals surface area contributed by atoms with Gasteiger partial charge in [-0.05, 0) is 47.8 Å². The van der Waals surface area contributed by atoms with E-state index in [0.717, 1.165) is 12.0 Å². The fourth-order valence-corrected chi connectivity index (χ4v) is 2.08. The van der Waals surface area contributed by atoms with Gasteiger partial charge < -0.3 is 0 Å². The Balaban J connectivity index is 2.85. The smallest absolute Gasteiger partial charge is 0.0991 e. The van der Waals surface area contributed by atoms with Gasteiger partial charge in [0.25, 0.3) is 0 Å². The minimum Gasteiger partial charge on any atom is -0.192 e. The summed E-state index contributed by atoms with van der Waals surface area (Å²) < 4.78 is 0. The van der Waals surface area contributed by atoms with Gasteiger partial charge in [-0.15, -0.1) is 11.8 Å². The predicted molar refractivity (Wildman–Crippen MR) is 72.2 cm³/mol. The van der Waals surface area contributed by atoms with Crippen LogP contribution in [0.15, 0.2) is 29.7 Å². The molecule has 1 aromatic rings. The van der Waals surface area contributed by atoms with E-state index in [4.69, 9.17) is 5.26 Å². The summed E-state index contributed by atoms with van der Waals surface area (Å²) in [5.41, 5.74) is 3.34. The fraction of sp³-hybridized carbons (Fsp3) is 0.357. The molecule has 0 radical (unpaired) electrons. The summed E-state index contributed by atoms with van der Waals surface area (Å²) in [6.45, 7) is 2.20. The number of rotatable bonds is 5. The number of benzene rings is 1. The van der Waals surface area contributed by atoms with Crippen LogP contribution in [0.3, 0.4) is 0 Å². The van der Waals surface area contributed by atoms with Gasteiger partial charge in [0.05, 0.1) is 11.6 Å². The topological polar surface area (TPSA) is 23.8 Å². The molecule has 1 rings (SSSR count). The average Bonchev–Trinajstić information content (AvgIpc) is 2.35. The molecule has 1 nitrogen and oxygen atoms in total. The van der Waals surface area contributed by atoms with E-state index >= 15 is 0 Å². The Hall–Kier alpha value is -1.20. The maximum absolute atomic E-state index is 8.74. The van der Waals surface area contributed by atoms with Crippen LogP contribution in [0.4, 0.5) is 0 Å². The zero-order valence-corrected chi connectivity index (χ0v) is 10.7. The normalized spacial score (nSPS) is 11.2. The highest BCUT2D eigenvalue weighted by atomic mass is 32.2. The molecule has 0 bridgehead atoms. The van der Waals surface area contributed by atoms with Crippen molar-refractivity contribution < 1.29 is 0 Å². The van der Waals surface area contributed by atoms with Crippen molar-refractivity contribution in [2.45, 2.75) is 26.2 Å². The lowest BCUT2D eigenvalue weighted by atomic mass is 10.0. The average molecular weight is 231 g/mol. The van der Waals surface area contributed by atoms with Crippen LogP contribution in [-0.4, -0.2) is 6.26 Å². The second-order valence-electron chi connectivity index (χ2n) is 3.67. The second-order valence-corrected chi connectivity index (χ2v) is 4.38. The summed E-state index contributed by atoms with van der Waals surface area (Å²) in [5.74, 6) is 0. The zero-order chi connectivity index (χ0) is 11.8. The van der Waals surface area contributed by atoms with Crippen molar-refractivity contribution in [2.24, 2.45) is 0 Å². The summed E-state index contributed by atoms with van der Waals surface area (Å²) in [6, 6.07) is 9.99. The molecule has 0 spiro atoms. The number of allylic oxidation sites excluding steroid dienone is 1. The van der Waals surface area contributed by atoms with Crippen molar-refractivity contribution in [1.82, 2.24) is 0 Å². The van der Waals surface area contributed by atoms with Gasteiger partial charge >= 0.3 is 0 Å². The third kappa shape index (κ3) is 3.75. The Morgan fingerprint density at radius 1 is 1.38 bits per heavy atom. The highest BCUT2D eigenvalue weighted by Crippen LogP contribution is 2.23. The van der Waals surface area contributed by atoms with E-state index in [0.29, 0.717) is 0 Å². The predicted octanol–water partition coefficient (Wildman–Crippen LogP) is 4.45. The van der Waals surface area contributed by atoms with Crippen LogP contribution in [-0.2, 0) is 0 Å². The molecule has 0 aromatic heterocycles. The molecule has 0 aliphatic carbocycles. The lowest BCUT2D eigenvalue weighted by Crippen LogP contribution is -1.85. The Kier molecular flexibility index (Phi) is 5.74. The zero-order valence-electron chi connectivity index (χ0n) is 9.86. The molecule has 1 aromatic carbocycles. The molecular weight excluding hydrogens is 214 g/mol. The van der Waals surface area contributed by atoms with E-state index < -0.39 is 0 Å². The minimum atomic E-state index is 0.725. The molecule has 2 heteroatoms. The lowest BCUT2D eigenvalue weighted by molar-refractivity contribution is 0.825. The summed E-state index contributed by atoms with van der Waals surface area (Å²) in [6.07, 6.45) is 5.62. The summed E-state index contributed by atoms with van der Waals surface area (Å²) in [4.78, 5) is 0. The molecule has 0 saturated carbocycles. The monoisotopic (exact) mass is 231 g/mol. The lowest BCUT2D eigenvalue weighted by Gasteiger charge is -2.06. The number of unbranched alkanes of at least 4 members (excludes halogenated alkanes) is 1. The Bertz CT molecular complexity index is 384. The Labute approximate surface area is 102 Å². The summed E-state index contributed by atoms with van der Waals surface area (Å²) in [5, 5.41) is 10.9. The number of hydrogen-bond acceptors (Lipinski definition) is 2. The van der Waals surface area contributed by atoms with Crippen LogP contribution in [0.25, 0.3) is 5.57 Å². The highest BCUT2D eigenvalue weighted by molar-refractivity contribution is 8.01. The van der Waals surface area contributed by atoms with Crippen molar-refractivity contribution in [3.63, 3.8) is 0 Å². The fourth-order valence-electron chi connectivity index (χ4n) is 1.54. The first-order chi connectivity index (χ1) is 7.81. The van der Waals surface area contributed by atoms with Gasteiger partial charge in [0.15, 0.2) is 0 Å². The third-order valence-electron chi connectivity index (χ3n) is 2.44. The van der Waals surface area contributed by atoms with Crippen molar-refractivity contribution in [2.75, 3.05) is 6.26 Å². The Morgan fingerprint density at radius 3 is 2.56 bits per heavy atom. The largest absolute Gasteiger partial charge is 0.192 e. The summed E-state index contributed by atoms with van der Waals surface area (Å²) in [7, 11) is 0. The van der Waals surface area contributed by atoms with E-state index in [-0.39, 0.29) is 0 Å². The highest BCUT2D eigenvalue weighted by Gasteiger charge is 2.01. The third-order valence-corrected chi connectivity index (χ3v) is 2.96. The van der Waals surface area contributed by atoms with E-state index in [1.165, 1.54) is 24.0 Å². The molecule has 16 heavy (non-hydrogen) atoms. The quantitative estimate of drug-likeness (QED) is 0.747. The first kappa shape index (κ1) is 12.9. The van der Waals surface area contributed by atoms with Crippen molar-refractivity contribution >= 4 is 17.3 Å². The SMILES string of the molecule is CCCC/C(=C/SC)c1ccc(C#N)cc1. The van der Waals surface area contributed by atoms with Gasteiger partial charge in [-0.25, -0.2) is 0 Å². The van der Waals surface area contributed by atoms with Crippen molar-refractivity contribution in [1.29, 1.82) is 5.26 Å². The van der Waals surface area contributed by atoms with E-state index in [1.807, 2.05) is 24.3 Å². The molecule has 84 valence electrons. The number of thioether (sulfide) groups is 1. The van der Waals surface area contributed by atoms with Gasteiger partial charge in [0, 0.05) is 0 Å². The van der Waals surface area contributed by atoms with Crippen LogP contribution in [0, 0.1) is 11.3 Å². The van der Waals surface area contributed by atoms with Gasteiger partial charge in [-0.3, -0.25) is 0 Å². The van der Waals surface area contributed by atoms with E-state index in [1.54, 1.807) is 11.8 Å². The maximum atomic E-state index is 8.74. The van der Waals surface area contributed by atoms with E-state index in [9.17, 15) is 0 Å². The molecule has 0 heterocycles. The maximum Gasteiger partial charge on any atom is 0.0991 e. The van der Waals surface area contributed by atoms with Crippen molar-refractivity contribution in [3.8, 4) is 6.07 Å². The molecule has 0 atom stereocenters. The standard InChI is InChI=1S/C14H17NS/c1-3-4-5-14(11-16-2)13-8-6-12(10-15)7-9-13/h6-9,11H,3-5H2,1-2H3/b14-11-. The molecule has 0 aliphatic heterocycles. The Morgan fingerprint density at radius 2 is 2.06 bits per heavy atom. The van der Waals surface area contributed by atoms with Crippen LogP contribution >= 0.6 is 11.8 Å². The molecule has 0 saturated heterocycles. The summed E-state index contributed by atoms with van der Waals surface area (Å²) >= 11 is 1.74. The molecular formula is C14H17NS. The van der Waals surface area contributed by atoms with Crippen LogP contribution in [0.2, 0.25) is 0 Å². The van der Waals surface area contributed by atoms with Crippen molar-refractivity contribution in [3.05, 3.63) is 40.8 Å². The molecule has 0 aliphatic rings. The van der Waals surface area contributed by atoms with Crippen LogP contribution in [0.5, 0.6) is 0 Å². The second kappa shape index (κ2) is 7.14. The van der Waals surface area contributed by atoms with Gasteiger partial charge in [-0.2, -0.15) is 5.26 Å². The van der Waals surface area contributed by atoms with Gasteiger partial charge in [-0.1, -0.05) is 25.5 Å². The number of nitrogens with zero attached hydrogens (tertiary/aromatic N) is 1. The van der Waals surface area contributed by atoms with Gasteiger partial charge in [0.1, 0.15) is 0 Å². The van der Waals surface area contributed by atoms with E-state index in [2.05, 4.69) is 24.7 Å². The molecule has 0 unspecified atom stereocenters. The number of hydrogen-bond donors (Lipinski definition) is 0. The number of nitriles is 1. The van der Waals surface area contributed by atoms with Crippen LogP contribution in [0.1, 0.15) is 37.3 Å². The molecule has 0 N–H and O–H groups in total. The molecule has 0 amide bonds. The first-order valence-corrected chi connectivity index (χ1v) is 6.83. The minimum absolute atomic E-state index is 0.725. The molecule has 0 fully saturated rings.